The van der Waals surface area contributed by atoms with Gasteiger partial charge in [-0.3, -0.25) is 4.98 Å². The first-order chi connectivity index (χ1) is 9.19. The number of hydrogen-bond acceptors (Lipinski definition) is 4. The van der Waals surface area contributed by atoms with Crippen LogP contribution in [0.15, 0.2) is 57.4 Å². The zero-order valence-corrected chi connectivity index (χ0v) is 13.1. The Labute approximate surface area is 123 Å². The Balaban J connectivity index is 2.17. The van der Waals surface area contributed by atoms with Crippen LogP contribution in [0.5, 0.6) is 0 Å². The van der Waals surface area contributed by atoms with Crippen molar-refractivity contribution in [1.29, 1.82) is 0 Å². The molecule has 0 atom stereocenters. The van der Waals surface area contributed by atoms with Gasteiger partial charge in [-0.1, -0.05) is 11.8 Å². The average Bonchev–Trinajstić information content (AvgIpc) is 2.41. The van der Waals surface area contributed by atoms with Crippen molar-refractivity contribution in [2.24, 2.45) is 0 Å². The number of nitrogens with zero attached hydrogens (tertiary/aromatic N) is 2. The summed E-state index contributed by atoms with van der Waals surface area (Å²) in [5.74, 6) is 0. The van der Waals surface area contributed by atoms with E-state index >= 15 is 0 Å². The molecule has 19 heavy (non-hydrogen) atoms. The maximum Gasteiger partial charge on any atom is 0.0410 e. The molecule has 0 saturated heterocycles. The fraction of sp³-hybridized carbons (Fsp3) is 0.267. The van der Waals surface area contributed by atoms with Gasteiger partial charge in [-0.2, -0.15) is 0 Å². The maximum absolute atomic E-state index is 4.24. The van der Waals surface area contributed by atoms with Crippen molar-refractivity contribution < 1.29 is 0 Å². The highest BCUT2D eigenvalue weighted by Gasteiger charge is 2.05. The van der Waals surface area contributed by atoms with Crippen molar-refractivity contribution >= 4 is 23.5 Å². The van der Waals surface area contributed by atoms with Gasteiger partial charge in [-0.25, -0.2) is 0 Å². The van der Waals surface area contributed by atoms with Crippen molar-refractivity contribution in [2.75, 3.05) is 20.4 Å². The monoisotopic (exact) mass is 290 g/mol. The van der Waals surface area contributed by atoms with E-state index in [0.717, 1.165) is 6.54 Å². The van der Waals surface area contributed by atoms with Gasteiger partial charge in [0.1, 0.15) is 0 Å². The third-order valence-corrected chi connectivity index (χ3v) is 4.48. The van der Waals surface area contributed by atoms with E-state index in [0.29, 0.717) is 0 Å². The van der Waals surface area contributed by atoms with E-state index in [-0.39, 0.29) is 0 Å². The molecule has 1 aromatic carbocycles. The highest BCUT2D eigenvalue weighted by Crippen LogP contribution is 2.31. The third kappa shape index (κ3) is 4.27. The van der Waals surface area contributed by atoms with Crippen molar-refractivity contribution in [3.05, 3.63) is 48.3 Å². The fourth-order valence-electron chi connectivity index (χ4n) is 1.74. The lowest BCUT2D eigenvalue weighted by molar-refractivity contribution is 0.399. The first kappa shape index (κ1) is 14.4. The lowest BCUT2D eigenvalue weighted by Gasteiger charge is -2.13. The van der Waals surface area contributed by atoms with Gasteiger partial charge < -0.3 is 4.90 Å². The molecule has 100 valence electrons. The topological polar surface area (TPSA) is 16.1 Å². The number of rotatable bonds is 5. The summed E-state index contributed by atoms with van der Waals surface area (Å²) in [6.07, 6.45) is 5.91. The van der Waals surface area contributed by atoms with Gasteiger partial charge in [-0.05, 0) is 56.2 Å². The molecular weight excluding hydrogens is 272 g/mol. The largest absolute Gasteiger partial charge is 0.305 e. The lowest BCUT2D eigenvalue weighted by Crippen LogP contribution is -2.11. The number of thioether (sulfide) groups is 1. The van der Waals surface area contributed by atoms with Gasteiger partial charge in [0.05, 0.1) is 0 Å². The molecule has 2 nitrogen and oxygen atoms in total. The minimum atomic E-state index is 0.938. The van der Waals surface area contributed by atoms with Crippen LogP contribution in [0.1, 0.15) is 5.56 Å². The number of aromatic nitrogens is 1. The van der Waals surface area contributed by atoms with E-state index in [9.17, 15) is 0 Å². The summed E-state index contributed by atoms with van der Waals surface area (Å²) in [4.78, 5) is 10.2. The Hall–Kier alpha value is -0.970. The van der Waals surface area contributed by atoms with E-state index in [1.165, 1.54) is 20.2 Å². The summed E-state index contributed by atoms with van der Waals surface area (Å²) in [7, 11) is 4.17. The van der Waals surface area contributed by atoms with Crippen LogP contribution in [0.4, 0.5) is 0 Å². The molecule has 0 amide bonds. The molecule has 0 saturated carbocycles. The highest BCUT2D eigenvalue weighted by molar-refractivity contribution is 7.99. The second kappa shape index (κ2) is 6.98. The molecule has 1 heterocycles. The number of pyridine rings is 1. The Kier molecular flexibility index (Phi) is 5.31. The summed E-state index contributed by atoms with van der Waals surface area (Å²) in [5.41, 5.74) is 1.32. The molecule has 0 radical (unpaired) electrons. The number of benzene rings is 1. The quantitative estimate of drug-likeness (QED) is 0.773. The van der Waals surface area contributed by atoms with Gasteiger partial charge in [0.15, 0.2) is 0 Å². The molecule has 0 aliphatic carbocycles. The summed E-state index contributed by atoms with van der Waals surface area (Å²) < 4.78 is 0. The standard InChI is InChI=1S/C15H18N2S2/c1-17(2)11-12-8-9-16-10-15(12)19-14-6-4-13(18-3)5-7-14/h4-10H,11H2,1-3H3. The third-order valence-electron chi connectivity index (χ3n) is 2.64. The first-order valence-corrected chi connectivity index (χ1v) is 8.12. The van der Waals surface area contributed by atoms with E-state index in [2.05, 4.69) is 60.6 Å². The van der Waals surface area contributed by atoms with E-state index in [1.54, 1.807) is 23.5 Å². The molecule has 0 bridgehead atoms. The summed E-state index contributed by atoms with van der Waals surface area (Å²) in [6, 6.07) is 10.8. The van der Waals surface area contributed by atoms with E-state index in [4.69, 9.17) is 0 Å². The molecule has 0 aliphatic heterocycles. The molecule has 0 fully saturated rings. The molecule has 0 unspecified atom stereocenters. The van der Waals surface area contributed by atoms with Crippen LogP contribution in [-0.4, -0.2) is 30.2 Å². The number of hydrogen-bond donors (Lipinski definition) is 0. The molecule has 4 heteroatoms. The van der Waals surface area contributed by atoms with Crippen LogP contribution < -0.4 is 0 Å². The first-order valence-electron chi connectivity index (χ1n) is 6.08. The zero-order valence-electron chi connectivity index (χ0n) is 11.5. The molecule has 1 aromatic heterocycles. The van der Waals surface area contributed by atoms with Crippen LogP contribution >= 0.6 is 23.5 Å². The van der Waals surface area contributed by atoms with Crippen molar-refractivity contribution in [3.8, 4) is 0 Å². The highest BCUT2D eigenvalue weighted by atomic mass is 32.2. The lowest BCUT2D eigenvalue weighted by atomic mass is 10.2. The second-order valence-corrected chi connectivity index (χ2v) is 6.49. The predicted molar refractivity (Wildman–Crippen MR) is 84.0 cm³/mol. The second-order valence-electron chi connectivity index (χ2n) is 4.50. The van der Waals surface area contributed by atoms with Gasteiger partial charge in [0.25, 0.3) is 0 Å². The van der Waals surface area contributed by atoms with Gasteiger partial charge in [-0.15, -0.1) is 11.8 Å². The van der Waals surface area contributed by atoms with Crippen LogP contribution in [0.2, 0.25) is 0 Å². The van der Waals surface area contributed by atoms with Crippen molar-refractivity contribution in [1.82, 2.24) is 9.88 Å². The molecule has 0 aliphatic rings. The normalized spacial score (nSPS) is 10.9. The Morgan fingerprint density at radius 2 is 1.74 bits per heavy atom. The summed E-state index contributed by atoms with van der Waals surface area (Å²) in [6.45, 7) is 0.938. The smallest absolute Gasteiger partial charge is 0.0410 e. The van der Waals surface area contributed by atoms with E-state index < -0.39 is 0 Å². The van der Waals surface area contributed by atoms with Crippen LogP contribution in [0.25, 0.3) is 0 Å². The van der Waals surface area contributed by atoms with E-state index in [1.807, 2.05) is 12.4 Å². The minimum Gasteiger partial charge on any atom is -0.305 e. The SMILES string of the molecule is CSc1ccc(Sc2cnccc2CN(C)C)cc1. The van der Waals surface area contributed by atoms with Crippen LogP contribution in [-0.2, 0) is 6.54 Å². The predicted octanol–water partition coefficient (Wildman–Crippen LogP) is 4.02. The van der Waals surface area contributed by atoms with Gasteiger partial charge >= 0.3 is 0 Å². The van der Waals surface area contributed by atoms with Crippen LogP contribution in [0, 0.1) is 0 Å². The van der Waals surface area contributed by atoms with Gasteiger partial charge in [0, 0.05) is 33.6 Å². The fourth-order valence-corrected chi connectivity index (χ4v) is 3.05. The Morgan fingerprint density at radius 3 is 2.37 bits per heavy atom. The minimum absolute atomic E-state index is 0.938. The van der Waals surface area contributed by atoms with Gasteiger partial charge in [0.2, 0.25) is 0 Å². The summed E-state index contributed by atoms with van der Waals surface area (Å²) in [5, 5.41) is 0. The molecular formula is C15H18N2S2. The summed E-state index contributed by atoms with van der Waals surface area (Å²) >= 11 is 3.54. The van der Waals surface area contributed by atoms with Crippen molar-refractivity contribution in [3.63, 3.8) is 0 Å². The molecule has 2 aromatic rings. The average molecular weight is 290 g/mol. The molecule has 0 spiro atoms. The Morgan fingerprint density at radius 1 is 1.05 bits per heavy atom. The molecule has 2 rings (SSSR count). The Bertz CT molecular complexity index is 524. The zero-order chi connectivity index (χ0) is 13.7. The van der Waals surface area contributed by atoms with Crippen LogP contribution in [0.3, 0.4) is 0 Å². The van der Waals surface area contributed by atoms with Crippen molar-refractivity contribution in [2.45, 2.75) is 21.2 Å². The maximum atomic E-state index is 4.24. The molecule has 0 N–H and O–H groups in total.